The van der Waals surface area contributed by atoms with E-state index in [9.17, 15) is 14.7 Å². The quantitative estimate of drug-likeness (QED) is 0.903. The summed E-state index contributed by atoms with van der Waals surface area (Å²) in [6, 6.07) is 0.637. The lowest BCUT2D eigenvalue weighted by atomic mass is 9.98. The van der Waals surface area contributed by atoms with Gasteiger partial charge in [-0.3, -0.25) is 9.48 Å². The van der Waals surface area contributed by atoms with Crippen LogP contribution in [-0.4, -0.2) is 38.2 Å². The molecule has 0 saturated carbocycles. The van der Waals surface area contributed by atoms with E-state index >= 15 is 0 Å². The molecule has 2 aliphatic rings. The highest BCUT2D eigenvalue weighted by atomic mass is 16.4. The van der Waals surface area contributed by atoms with Gasteiger partial charge in [0, 0.05) is 31.1 Å². The summed E-state index contributed by atoms with van der Waals surface area (Å²) >= 11 is 0. The first-order valence-corrected chi connectivity index (χ1v) is 7.72. The minimum Gasteiger partial charge on any atom is -0.479 e. The molecule has 0 spiro atoms. The fraction of sp³-hybridized carbons (Fsp3) is 0.438. The highest BCUT2D eigenvalue weighted by Crippen LogP contribution is 2.33. The first kappa shape index (κ1) is 14.0. The number of hydrogen-bond donors (Lipinski definition) is 1. The van der Waals surface area contributed by atoms with Gasteiger partial charge in [-0.1, -0.05) is 0 Å². The predicted octanol–water partition coefficient (Wildman–Crippen LogP) is 1.33. The summed E-state index contributed by atoms with van der Waals surface area (Å²) in [5.41, 5.74) is 3.02. The molecule has 3 heterocycles. The Morgan fingerprint density at radius 2 is 2.17 bits per heavy atom. The van der Waals surface area contributed by atoms with Crippen LogP contribution in [0.4, 0.5) is 0 Å². The van der Waals surface area contributed by atoms with E-state index in [2.05, 4.69) is 5.10 Å². The maximum Gasteiger partial charge on any atom is 0.331 e. The number of carbonyl (C=O) groups excluding carboxylic acids is 1. The van der Waals surface area contributed by atoms with Crippen molar-refractivity contribution in [2.45, 2.75) is 31.7 Å². The van der Waals surface area contributed by atoms with Crippen LogP contribution in [0.1, 0.15) is 45.5 Å². The van der Waals surface area contributed by atoms with E-state index in [0.717, 1.165) is 30.5 Å². The second kappa shape index (κ2) is 4.97. The van der Waals surface area contributed by atoms with Crippen molar-refractivity contribution >= 4 is 11.9 Å². The van der Waals surface area contributed by atoms with Crippen LogP contribution < -0.4 is 0 Å². The molecule has 0 radical (unpaired) electrons. The molecule has 1 N–H and O–H groups in total. The maximum atomic E-state index is 13.1. The van der Waals surface area contributed by atoms with Gasteiger partial charge in [0.15, 0.2) is 6.04 Å². The largest absolute Gasteiger partial charge is 0.479 e. The van der Waals surface area contributed by atoms with Crippen LogP contribution in [0, 0.1) is 0 Å². The van der Waals surface area contributed by atoms with Gasteiger partial charge >= 0.3 is 5.97 Å². The maximum absolute atomic E-state index is 13.1. The number of aromatic nitrogens is 2. The third-order valence-corrected chi connectivity index (χ3v) is 4.73. The minimum atomic E-state index is -1.04. The number of hydrogen-bond acceptors (Lipinski definition) is 4. The SMILES string of the molecule is Cn1nc2c(c1C(=O)N1CCc3occc3C1C(=O)O)CCC2. The van der Waals surface area contributed by atoms with E-state index in [0.29, 0.717) is 30.0 Å². The van der Waals surface area contributed by atoms with Gasteiger partial charge < -0.3 is 14.4 Å². The number of aliphatic carboxylic acids is 1. The molecule has 1 unspecified atom stereocenters. The van der Waals surface area contributed by atoms with Crippen molar-refractivity contribution in [2.75, 3.05) is 6.54 Å². The lowest BCUT2D eigenvalue weighted by Gasteiger charge is -2.32. The van der Waals surface area contributed by atoms with E-state index < -0.39 is 12.0 Å². The van der Waals surface area contributed by atoms with Gasteiger partial charge in [-0.25, -0.2) is 4.79 Å². The number of carboxylic acids is 1. The van der Waals surface area contributed by atoms with Crippen LogP contribution in [-0.2, 0) is 31.1 Å². The van der Waals surface area contributed by atoms with Crippen LogP contribution in [0.3, 0.4) is 0 Å². The molecule has 7 nitrogen and oxygen atoms in total. The molecule has 0 aromatic carbocycles. The Hall–Kier alpha value is -2.57. The third kappa shape index (κ3) is 1.99. The lowest BCUT2D eigenvalue weighted by Crippen LogP contribution is -2.44. The number of carboxylic acid groups (broad SMARTS) is 1. The minimum absolute atomic E-state index is 0.262. The Balaban J connectivity index is 1.75. The highest BCUT2D eigenvalue weighted by molar-refractivity contribution is 5.97. The average Bonchev–Trinajstić information content (AvgIpc) is 3.19. The fourth-order valence-electron chi connectivity index (χ4n) is 3.72. The number of furan rings is 1. The van der Waals surface area contributed by atoms with Crippen LogP contribution in [0.15, 0.2) is 16.7 Å². The van der Waals surface area contributed by atoms with Gasteiger partial charge in [0.1, 0.15) is 11.5 Å². The number of carbonyl (C=O) groups is 2. The molecule has 4 rings (SSSR count). The van der Waals surface area contributed by atoms with Crippen molar-refractivity contribution in [2.24, 2.45) is 7.05 Å². The second-order valence-electron chi connectivity index (χ2n) is 6.04. The number of rotatable bonds is 2. The van der Waals surface area contributed by atoms with E-state index in [-0.39, 0.29) is 5.91 Å². The first-order valence-electron chi connectivity index (χ1n) is 7.72. The topological polar surface area (TPSA) is 88.6 Å². The van der Waals surface area contributed by atoms with Crippen molar-refractivity contribution in [3.63, 3.8) is 0 Å². The number of amides is 1. The Morgan fingerprint density at radius 1 is 1.35 bits per heavy atom. The molecular formula is C16H17N3O4. The Kier molecular flexibility index (Phi) is 3.04. The third-order valence-electron chi connectivity index (χ3n) is 4.73. The van der Waals surface area contributed by atoms with E-state index in [4.69, 9.17) is 4.42 Å². The average molecular weight is 315 g/mol. The van der Waals surface area contributed by atoms with Gasteiger partial charge in [-0.05, 0) is 25.3 Å². The van der Waals surface area contributed by atoms with Crippen molar-refractivity contribution < 1.29 is 19.1 Å². The Labute approximate surface area is 132 Å². The fourth-order valence-corrected chi connectivity index (χ4v) is 3.72. The van der Waals surface area contributed by atoms with Crippen molar-refractivity contribution in [1.29, 1.82) is 0 Å². The zero-order valence-electron chi connectivity index (χ0n) is 12.8. The van der Waals surface area contributed by atoms with Crippen LogP contribution in [0.25, 0.3) is 0 Å². The summed E-state index contributed by atoms with van der Waals surface area (Å²) < 4.78 is 6.93. The van der Waals surface area contributed by atoms with Gasteiger partial charge in [-0.15, -0.1) is 0 Å². The normalized spacial score (nSPS) is 19.5. The van der Waals surface area contributed by atoms with Crippen LogP contribution in [0.2, 0.25) is 0 Å². The molecule has 1 atom stereocenters. The van der Waals surface area contributed by atoms with Crippen molar-refractivity contribution in [3.05, 3.63) is 40.6 Å². The molecule has 0 bridgehead atoms. The highest BCUT2D eigenvalue weighted by Gasteiger charge is 2.40. The molecule has 7 heteroatoms. The summed E-state index contributed by atoms with van der Waals surface area (Å²) in [6.07, 6.45) is 4.71. The number of fused-ring (bicyclic) bond motifs is 2. The zero-order chi connectivity index (χ0) is 16.1. The molecule has 1 aliphatic heterocycles. The summed E-state index contributed by atoms with van der Waals surface area (Å²) in [5, 5.41) is 14.0. The molecule has 1 amide bonds. The summed E-state index contributed by atoms with van der Waals surface area (Å²) in [6.45, 7) is 0.330. The van der Waals surface area contributed by atoms with Crippen molar-refractivity contribution in [3.8, 4) is 0 Å². The molecular weight excluding hydrogens is 298 g/mol. The van der Waals surface area contributed by atoms with Gasteiger partial charge in [-0.2, -0.15) is 5.10 Å². The molecule has 0 saturated heterocycles. The molecule has 2 aromatic heterocycles. The zero-order valence-corrected chi connectivity index (χ0v) is 12.8. The van der Waals surface area contributed by atoms with Crippen molar-refractivity contribution in [1.82, 2.24) is 14.7 Å². The van der Waals surface area contributed by atoms with Gasteiger partial charge in [0.05, 0.1) is 12.0 Å². The molecule has 0 fully saturated rings. The molecule has 120 valence electrons. The summed E-state index contributed by atoms with van der Waals surface area (Å²) in [5.74, 6) is -0.654. The number of nitrogens with zero attached hydrogens (tertiary/aromatic N) is 3. The Morgan fingerprint density at radius 3 is 2.96 bits per heavy atom. The first-order chi connectivity index (χ1) is 11.1. The van der Waals surface area contributed by atoms with Gasteiger partial charge in [0.25, 0.3) is 5.91 Å². The van der Waals surface area contributed by atoms with E-state index in [1.54, 1.807) is 17.8 Å². The summed E-state index contributed by atoms with van der Waals surface area (Å²) in [7, 11) is 1.74. The van der Waals surface area contributed by atoms with Crippen LogP contribution >= 0.6 is 0 Å². The molecule has 2 aromatic rings. The predicted molar refractivity (Wildman–Crippen MR) is 79.1 cm³/mol. The number of aryl methyl sites for hydroxylation is 2. The van der Waals surface area contributed by atoms with E-state index in [1.807, 2.05) is 0 Å². The monoisotopic (exact) mass is 315 g/mol. The molecule has 23 heavy (non-hydrogen) atoms. The molecule has 1 aliphatic carbocycles. The lowest BCUT2D eigenvalue weighted by molar-refractivity contribution is -0.143. The Bertz CT molecular complexity index is 804. The smallest absolute Gasteiger partial charge is 0.331 e. The second-order valence-corrected chi connectivity index (χ2v) is 6.04. The summed E-state index contributed by atoms with van der Waals surface area (Å²) in [4.78, 5) is 26.2. The van der Waals surface area contributed by atoms with Crippen LogP contribution in [0.5, 0.6) is 0 Å². The van der Waals surface area contributed by atoms with E-state index in [1.165, 1.54) is 11.2 Å². The van der Waals surface area contributed by atoms with Gasteiger partial charge in [0.2, 0.25) is 0 Å². The standard InChI is InChI=1S/C16H17N3O4/c1-18-13(9-3-2-4-11(9)17-18)15(20)19-7-5-12-10(6-8-23-12)14(19)16(21)22/h6,8,14H,2-5,7H2,1H3,(H,21,22).